The molecule has 3 N–H and O–H groups in total. The lowest BCUT2D eigenvalue weighted by molar-refractivity contribution is 0.352. The lowest BCUT2D eigenvalue weighted by Gasteiger charge is -2.16. The van der Waals surface area contributed by atoms with Gasteiger partial charge in [-0.05, 0) is 38.1 Å². The Bertz CT molecular complexity index is 366. The Kier molecular flexibility index (Phi) is 3.78. The van der Waals surface area contributed by atoms with Gasteiger partial charge in [0.05, 0.1) is 0 Å². The number of hydrogen-bond donors (Lipinski definition) is 2. The normalized spacial score (nSPS) is 16.4. The minimum atomic E-state index is -0.635. The van der Waals surface area contributed by atoms with Crippen LogP contribution in [-0.4, -0.2) is 31.1 Å². The second-order valence-electron chi connectivity index (χ2n) is 4.34. The molecule has 1 aromatic carbocycles. The summed E-state index contributed by atoms with van der Waals surface area (Å²) in [7, 11) is 0. The zero-order chi connectivity index (χ0) is 12.3. The van der Waals surface area contributed by atoms with Gasteiger partial charge in [0.2, 0.25) is 0 Å². The maximum atomic E-state index is 13.4. The van der Waals surface area contributed by atoms with Gasteiger partial charge < -0.3 is 16.0 Å². The predicted molar refractivity (Wildman–Crippen MR) is 64.9 cm³/mol. The summed E-state index contributed by atoms with van der Waals surface area (Å²) < 4.78 is 26.8. The summed E-state index contributed by atoms with van der Waals surface area (Å²) in [5.41, 5.74) is 5.36. The largest absolute Gasteiger partial charge is 0.399 e. The minimum Gasteiger partial charge on any atom is -0.399 e. The number of nitrogens with two attached hydrogens (primary N) is 1. The molecule has 0 atom stereocenters. The molecule has 0 bridgehead atoms. The van der Waals surface area contributed by atoms with Gasteiger partial charge in [-0.2, -0.15) is 0 Å². The van der Waals surface area contributed by atoms with Crippen molar-refractivity contribution in [2.24, 2.45) is 0 Å². The molecule has 3 nitrogen and oxygen atoms in total. The van der Waals surface area contributed by atoms with Crippen LogP contribution in [-0.2, 0) is 0 Å². The van der Waals surface area contributed by atoms with Gasteiger partial charge in [-0.25, -0.2) is 8.78 Å². The van der Waals surface area contributed by atoms with Crippen molar-refractivity contribution < 1.29 is 8.78 Å². The first-order chi connectivity index (χ1) is 8.16. The summed E-state index contributed by atoms with van der Waals surface area (Å²) in [6, 6.07) is 2.25. The van der Waals surface area contributed by atoms with Gasteiger partial charge in [-0.15, -0.1) is 0 Å². The van der Waals surface area contributed by atoms with Gasteiger partial charge >= 0.3 is 0 Å². The number of nitrogens with zero attached hydrogens (tertiary/aromatic N) is 1. The molecule has 0 aliphatic carbocycles. The Labute approximate surface area is 99.6 Å². The van der Waals surface area contributed by atoms with Crippen LogP contribution in [0.15, 0.2) is 12.1 Å². The molecule has 0 radical (unpaired) electrons. The topological polar surface area (TPSA) is 41.3 Å². The zero-order valence-electron chi connectivity index (χ0n) is 9.68. The lowest BCUT2D eigenvalue weighted by Crippen LogP contribution is -2.26. The van der Waals surface area contributed by atoms with Gasteiger partial charge in [0.25, 0.3) is 0 Å². The highest BCUT2D eigenvalue weighted by Crippen LogP contribution is 2.21. The highest BCUT2D eigenvalue weighted by molar-refractivity contribution is 5.54. The monoisotopic (exact) mass is 241 g/mol. The van der Waals surface area contributed by atoms with Crippen molar-refractivity contribution in [3.63, 3.8) is 0 Å². The Morgan fingerprint density at radius 2 is 1.76 bits per heavy atom. The number of rotatable bonds is 4. The molecule has 1 aliphatic rings. The maximum Gasteiger partial charge on any atom is 0.151 e. The van der Waals surface area contributed by atoms with Gasteiger partial charge in [0.15, 0.2) is 11.6 Å². The van der Waals surface area contributed by atoms with E-state index in [0.717, 1.165) is 31.8 Å². The average Bonchev–Trinajstić information content (AvgIpc) is 2.74. The highest BCUT2D eigenvalue weighted by atomic mass is 19.1. The summed E-state index contributed by atoms with van der Waals surface area (Å²) >= 11 is 0. The van der Waals surface area contributed by atoms with Crippen LogP contribution in [0.5, 0.6) is 0 Å². The summed E-state index contributed by atoms with van der Waals surface area (Å²) in [5, 5.41) is 2.79. The fourth-order valence-electron chi connectivity index (χ4n) is 2.11. The molecule has 0 saturated carbocycles. The van der Waals surface area contributed by atoms with Gasteiger partial charge in [0.1, 0.15) is 5.69 Å². The van der Waals surface area contributed by atoms with E-state index in [2.05, 4.69) is 10.2 Å². The van der Waals surface area contributed by atoms with E-state index >= 15 is 0 Å². The number of likely N-dealkylation sites (tertiary alicyclic amines) is 1. The molecule has 0 spiro atoms. The standard InChI is InChI=1S/C12H17F2N3/c13-10-7-9(15)8-11(14)12(10)16-3-6-17-4-1-2-5-17/h7-8,16H,1-6,15H2. The molecule has 5 heteroatoms. The van der Waals surface area contributed by atoms with Crippen LogP contribution in [0.4, 0.5) is 20.2 Å². The molecular weight excluding hydrogens is 224 g/mol. The van der Waals surface area contributed by atoms with E-state index in [1.165, 1.54) is 12.8 Å². The molecule has 1 aliphatic heterocycles. The van der Waals surface area contributed by atoms with Crippen molar-refractivity contribution in [1.82, 2.24) is 4.90 Å². The molecule has 17 heavy (non-hydrogen) atoms. The predicted octanol–water partition coefficient (Wildman–Crippen LogP) is 2.05. The van der Waals surface area contributed by atoms with Crippen molar-refractivity contribution in [2.75, 3.05) is 37.2 Å². The van der Waals surface area contributed by atoms with E-state index in [9.17, 15) is 8.78 Å². The third-order valence-corrected chi connectivity index (χ3v) is 2.99. The Morgan fingerprint density at radius 3 is 2.35 bits per heavy atom. The van der Waals surface area contributed by atoms with E-state index in [1.54, 1.807) is 0 Å². The fraction of sp³-hybridized carbons (Fsp3) is 0.500. The van der Waals surface area contributed by atoms with E-state index in [1.807, 2.05) is 0 Å². The minimum absolute atomic E-state index is 0.0848. The quantitative estimate of drug-likeness (QED) is 0.793. The van der Waals surface area contributed by atoms with Crippen molar-refractivity contribution in [1.29, 1.82) is 0 Å². The van der Waals surface area contributed by atoms with Crippen LogP contribution >= 0.6 is 0 Å². The van der Waals surface area contributed by atoms with E-state index in [-0.39, 0.29) is 11.4 Å². The van der Waals surface area contributed by atoms with Gasteiger partial charge in [-0.3, -0.25) is 0 Å². The third kappa shape index (κ3) is 3.06. The molecule has 0 amide bonds. The third-order valence-electron chi connectivity index (χ3n) is 2.99. The Balaban J connectivity index is 1.89. The lowest BCUT2D eigenvalue weighted by atomic mass is 10.2. The number of nitrogens with one attached hydrogen (secondary N) is 1. The Morgan fingerprint density at radius 1 is 1.18 bits per heavy atom. The second kappa shape index (κ2) is 5.31. The Hall–Kier alpha value is -1.36. The summed E-state index contributed by atoms with van der Waals surface area (Å²) in [5.74, 6) is -1.27. The summed E-state index contributed by atoms with van der Waals surface area (Å²) in [6.07, 6.45) is 2.43. The van der Waals surface area contributed by atoms with E-state index < -0.39 is 11.6 Å². The molecule has 2 rings (SSSR count). The SMILES string of the molecule is Nc1cc(F)c(NCCN2CCCC2)c(F)c1. The van der Waals surface area contributed by atoms with Crippen LogP contribution in [0.2, 0.25) is 0 Å². The zero-order valence-corrected chi connectivity index (χ0v) is 9.68. The van der Waals surface area contributed by atoms with E-state index in [4.69, 9.17) is 5.73 Å². The number of hydrogen-bond acceptors (Lipinski definition) is 3. The average molecular weight is 241 g/mol. The summed E-state index contributed by atoms with van der Waals surface area (Å²) in [6.45, 7) is 3.50. The fourth-order valence-corrected chi connectivity index (χ4v) is 2.11. The van der Waals surface area contributed by atoms with Crippen molar-refractivity contribution >= 4 is 11.4 Å². The molecule has 94 valence electrons. The number of anilines is 2. The number of halogens is 2. The van der Waals surface area contributed by atoms with Crippen molar-refractivity contribution in [2.45, 2.75) is 12.8 Å². The van der Waals surface area contributed by atoms with Crippen LogP contribution in [0.3, 0.4) is 0 Å². The van der Waals surface area contributed by atoms with E-state index in [0.29, 0.717) is 6.54 Å². The van der Waals surface area contributed by atoms with Crippen LogP contribution in [0, 0.1) is 11.6 Å². The van der Waals surface area contributed by atoms with Crippen LogP contribution in [0.1, 0.15) is 12.8 Å². The molecule has 1 heterocycles. The van der Waals surface area contributed by atoms with Gasteiger partial charge in [0, 0.05) is 18.8 Å². The first-order valence-corrected chi connectivity index (χ1v) is 5.87. The van der Waals surface area contributed by atoms with Gasteiger partial charge in [-0.1, -0.05) is 0 Å². The van der Waals surface area contributed by atoms with Crippen molar-refractivity contribution in [3.8, 4) is 0 Å². The molecule has 0 aromatic heterocycles. The maximum absolute atomic E-state index is 13.4. The molecule has 1 saturated heterocycles. The molecule has 1 fully saturated rings. The van der Waals surface area contributed by atoms with Crippen LogP contribution < -0.4 is 11.1 Å². The summed E-state index contributed by atoms with van der Waals surface area (Å²) in [4.78, 5) is 2.28. The molecule has 1 aromatic rings. The van der Waals surface area contributed by atoms with Crippen LogP contribution in [0.25, 0.3) is 0 Å². The molecule has 0 unspecified atom stereocenters. The number of benzene rings is 1. The molecular formula is C12H17F2N3. The second-order valence-corrected chi connectivity index (χ2v) is 4.34. The van der Waals surface area contributed by atoms with Crippen molar-refractivity contribution in [3.05, 3.63) is 23.8 Å². The number of nitrogen functional groups attached to an aromatic ring is 1. The smallest absolute Gasteiger partial charge is 0.151 e. The first-order valence-electron chi connectivity index (χ1n) is 5.87. The first kappa shape index (κ1) is 12.1. The highest BCUT2D eigenvalue weighted by Gasteiger charge is 2.13.